The van der Waals surface area contributed by atoms with Gasteiger partial charge in [-0.1, -0.05) is 12.1 Å². The number of benzene rings is 2. The Morgan fingerprint density at radius 1 is 1.06 bits per heavy atom. The number of anilines is 1. The van der Waals surface area contributed by atoms with E-state index in [0.29, 0.717) is 17.3 Å². The maximum atomic E-state index is 13.8. The van der Waals surface area contributed by atoms with Gasteiger partial charge in [-0.15, -0.1) is 11.8 Å². The second-order valence-corrected chi connectivity index (χ2v) is 7.85. The van der Waals surface area contributed by atoms with Gasteiger partial charge in [0.1, 0.15) is 29.7 Å². The van der Waals surface area contributed by atoms with Gasteiger partial charge in [-0.05, 0) is 41.3 Å². The SMILES string of the molecule is O=C(C[N+]1=C2C=CSC2C(=O)N(Cc2ccc(F)cc2)C1=O)Nc1ccc(F)cc1F. The van der Waals surface area contributed by atoms with Gasteiger partial charge in [-0.25, -0.2) is 18.0 Å². The number of nitrogens with zero attached hydrogens (tertiary/aromatic N) is 2. The lowest BCUT2D eigenvalue weighted by Gasteiger charge is -2.24. The Labute approximate surface area is 179 Å². The van der Waals surface area contributed by atoms with Crippen LogP contribution in [0.4, 0.5) is 23.7 Å². The molecule has 10 heteroatoms. The third kappa shape index (κ3) is 4.24. The molecule has 1 atom stereocenters. The molecule has 2 aromatic carbocycles. The zero-order valence-corrected chi connectivity index (χ0v) is 16.7. The van der Waals surface area contributed by atoms with Crippen LogP contribution in [0.3, 0.4) is 0 Å². The number of urea groups is 1. The summed E-state index contributed by atoms with van der Waals surface area (Å²) in [4.78, 5) is 39.3. The van der Waals surface area contributed by atoms with Gasteiger partial charge in [0.2, 0.25) is 0 Å². The van der Waals surface area contributed by atoms with Crippen LogP contribution < -0.4 is 5.32 Å². The van der Waals surface area contributed by atoms with E-state index in [0.717, 1.165) is 21.6 Å². The standard InChI is InChI=1S/C21H14F3N3O3S/c22-13-3-1-12(2-4-13)10-27-20(29)19-17(7-8-31-19)26(21(27)30)11-18(28)25-16-6-5-14(23)9-15(16)24/h1-9,19H,10-11H2/p+1. The summed E-state index contributed by atoms with van der Waals surface area (Å²) in [6, 6.07) is 7.35. The first-order chi connectivity index (χ1) is 14.8. The highest BCUT2D eigenvalue weighted by Crippen LogP contribution is 2.28. The number of allylic oxidation sites excluding steroid dienone is 1. The quantitative estimate of drug-likeness (QED) is 0.716. The van der Waals surface area contributed by atoms with E-state index in [1.165, 1.54) is 36.0 Å². The fourth-order valence-electron chi connectivity index (χ4n) is 3.25. The van der Waals surface area contributed by atoms with Crippen LogP contribution in [0.1, 0.15) is 5.56 Å². The lowest BCUT2D eigenvalue weighted by Crippen LogP contribution is -2.55. The van der Waals surface area contributed by atoms with E-state index in [9.17, 15) is 27.6 Å². The lowest BCUT2D eigenvalue weighted by molar-refractivity contribution is -0.426. The summed E-state index contributed by atoms with van der Waals surface area (Å²) in [6.07, 6.45) is 1.58. The van der Waals surface area contributed by atoms with Crippen LogP contribution in [0.25, 0.3) is 0 Å². The minimum absolute atomic E-state index is 0.0903. The van der Waals surface area contributed by atoms with Crippen LogP contribution in [-0.2, 0) is 16.1 Å². The van der Waals surface area contributed by atoms with E-state index in [1.54, 1.807) is 11.5 Å². The number of fused-ring (bicyclic) bond motifs is 1. The van der Waals surface area contributed by atoms with Gasteiger partial charge in [-0.3, -0.25) is 4.79 Å². The Bertz CT molecular complexity index is 1150. The van der Waals surface area contributed by atoms with Gasteiger partial charge in [0.25, 0.3) is 5.91 Å². The summed E-state index contributed by atoms with van der Waals surface area (Å²) in [5, 5.41) is 3.25. The van der Waals surface area contributed by atoms with E-state index in [-0.39, 0.29) is 12.2 Å². The Morgan fingerprint density at radius 3 is 2.48 bits per heavy atom. The van der Waals surface area contributed by atoms with E-state index in [4.69, 9.17) is 0 Å². The number of imide groups is 1. The Morgan fingerprint density at radius 2 is 1.77 bits per heavy atom. The van der Waals surface area contributed by atoms with Gasteiger partial charge in [-0.2, -0.15) is 14.3 Å². The second kappa shape index (κ2) is 8.38. The van der Waals surface area contributed by atoms with Crippen molar-refractivity contribution in [3.05, 3.63) is 77.0 Å². The lowest BCUT2D eigenvalue weighted by atomic mass is 10.1. The molecule has 2 aliphatic heterocycles. The predicted molar refractivity (Wildman–Crippen MR) is 108 cm³/mol. The van der Waals surface area contributed by atoms with E-state index in [2.05, 4.69) is 5.32 Å². The summed E-state index contributed by atoms with van der Waals surface area (Å²) < 4.78 is 41.2. The summed E-state index contributed by atoms with van der Waals surface area (Å²) in [5.41, 5.74) is 0.665. The molecule has 0 aliphatic carbocycles. The molecule has 1 N–H and O–H groups in total. The minimum Gasteiger partial charge on any atom is -0.320 e. The fraction of sp³-hybridized carbons (Fsp3) is 0.143. The number of thioether (sulfide) groups is 1. The Kier molecular flexibility index (Phi) is 5.64. The normalized spacial score (nSPS) is 17.9. The molecule has 158 valence electrons. The Hall–Kier alpha value is -3.40. The number of hydrogen-bond acceptors (Lipinski definition) is 4. The molecule has 4 amide bonds. The molecule has 2 aliphatic rings. The maximum Gasteiger partial charge on any atom is 0.501 e. The van der Waals surface area contributed by atoms with Crippen LogP contribution >= 0.6 is 11.8 Å². The minimum atomic E-state index is -0.951. The van der Waals surface area contributed by atoms with Crippen molar-refractivity contribution in [1.29, 1.82) is 0 Å². The van der Waals surface area contributed by atoms with Crippen molar-refractivity contribution in [1.82, 2.24) is 4.90 Å². The summed E-state index contributed by atoms with van der Waals surface area (Å²) in [5.74, 6) is -3.35. The first-order valence-corrected chi connectivity index (χ1v) is 10.1. The summed E-state index contributed by atoms with van der Waals surface area (Å²) in [6.45, 7) is -0.563. The zero-order chi connectivity index (χ0) is 22.1. The molecule has 0 saturated carbocycles. The zero-order valence-electron chi connectivity index (χ0n) is 15.8. The molecule has 1 unspecified atom stereocenters. The van der Waals surface area contributed by atoms with Crippen LogP contribution in [0.5, 0.6) is 0 Å². The average molecular weight is 446 g/mol. The molecular formula is C21H15F3N3O3S+. The van der Waals surface area contributed by atoms with Crippen molar-refractivity contribution in [3.8, 4) is 0 Å². The van der Waals surface area contributed by atoms with Gasteiger partial charge >= 0.3 is 11.9 Å². The molecule has 0 saturated heterocycles. The van der Waals surface area contributed by atoms with Crippen molar-refractivity contribution < 1.29 is 32.1 Å². The first kappa shape index (κ1) is 20.9. The van der Waals surface area contributed by atoms with Crippen molar-refractivity contribution >= 4 is 41.0 Å². The largest absolute Gasteiger partial charge is 0.501 e. The molecule has 4 rings (SSSR count). The third-order valence-electron chi connectivity index (χ3n) is 4.75. The Balaban J connectivity index is 1.57. The first-order valence-electron chi connectivity index (χ1n) is 9.14. The molecule has 2 aromatic rings. The van der Waals surface area contributed by atoms with Crippen LogP contribution in [-0.4, -0.2) is 44.8 Å². The molecule has 0 spiro atoms. The van der Waals surface area contributed by atoms with Crippen LogP contribution in [0.15, 0.2) is 53.9 Å². The molecule has 0 fully saturated rings. The number of hydrogen-bond donors (Lipinski definition) is 1. The number of halogens is 3. The number of carbonyl (C=O) groups is 3. The van der Waals surface area contributed by atoms with E-state index >= 15 is 0 Å². The predicted octanol–water partition coefficient (Wildman–Crippen LogP) is 3.29. The molecule has 2 heterocycles. The molecular weight excluding hydrogens is 431 g/mol. The van der Waals surface area contributed by atoms with Crippen LogP contribution in [0.2, 0.25) is 0 Å². The second-order valence-electron chi connectivity index (χ2n) is 6.84. The van der Waals surface area contributed by atoms with Gasteiger partial charge < -0.3 is 5.32 Å². The molecule has 6 nitrogen and oxygen atoms in total. The highest BCUT2D eigenvalue weighted by atomic mass is 32.2. The summed E-state index contributed by atoms with van der Waals surface area (Å²) >= 11 is 1.20. The molecule has 0 aromatic heterocycles. The fourth-order valence-corrected chi connectivity index (χ4v) is 4.22. The number of amides is 4. The number of rotatable bonds is 5. The van der Waals surface area contributed by atoms with Crippen molar-refractivity contribution in [2.45, 2.75) is 11.8 Å². The highest BCUT2D eigenvalue weighted by molar-refractivity contribution is 8.04. The smallest absolute Gasteiger partial charge is 0.320 e. The summed E-state index contributed by atoms with van der Waals surface area (Å²) in [7, 11) is 0. The maximum absolute atomic E-state index is 13.8. The molecule has 0 radical (unpaired) electrons. The van der Waals surface area contributed by atoms with Gasteiger partial charge in [0.05, 0.1) is 5.69 Å². The van der Waals surface area contributed by atoms with Gasteiger partial charge in [0.15, 0.2) is 11.8 Å². The molecule has 31 heavy (non-hydrogen) atoms. The number of carbonyl (C=O) groups excluding carboxylic acids is 3. The highest BCUT2D eigenvalue weighted by Gasteiger charge is 2.49. The van der Waals surface area contributed by atoms with Crippen LogP contribution in [0, 0.1) is 17.5 Å². The van der Waals surface area contributed by atoms with Crippen molar-refractivity contribution in [2.24, 2.45) is 0 Å². The van der Waals surface area contributed by atoms with Crippen molar-refractivity contribution in [3.63, 3.8) is 0 Å². The third-order valence-corrected chi connectivity index (χ3v) is 5.76. The van der Waals surface area contributed by atoms with E-state index in [1.807, 2.05) is 0 Å². The number of nitrogens with one attached hydrogen (secondary N) is 1. The molecule has 0 bridgehead atoms. The topological polar surface area (TPSA) is 69.5 Å². The monoisotopic (exact) mass is 446 g/mol. The van der Waals surface area contributed by atoms with E-state index < -0.39 is 47.1 Å². The average Bonchev–Trinajstić information content (AvgIpc) is 3.22. The van der Waals surface area contributed by atoms with Gasteiger partial charge in [0, 0.05) is 6.07 Å². The van der Waals surface area contributed by atoms with Crippen molar-refractivity contribution in [2.75, 3.05) is 11.9 Å².